The van der Waals surface area contributed by atoms with Crippen LogP contribution in [0.5, 0.6) is 5.75 Å². The van der Waals surface area contributed by atoms with Gasteiger partial charge >= 0.3 is 6.18 Å². The first-order valence-corrected chi connectivity index (χ1v) is 12.8. The number of likely N-dealkylation sites (N-methyl/N-ethyl adjacent to an activating group) is 1. The first kappa shape index (κ1) is 27.7. The molecule has 0 aliphatic carbocycles. The number of aliphatic hydroxyl groups is 1. The monoisotopic (exact) mass is 525 g/mol. The van der Waals surface area contributed by atoms with Crippen LogP contribution in [0.15, 0.2) is 66.7 Å². The molecule has 2 heterocycles. The number of halogens is 3. The van der Waals surface area contributed by atoms with Crippen LogP contribution in [-0.2, 0) is 18.3 Å². The van der Waals surface area contributed by atoms with Crippen molar-refractivity contribution in [3.05, 3.63) is 83.7 Å². The van der Waals surface area contributed by atoms with Gasteiger partial charge in [0.1, 0.15) is 5.75 Å². The third kappa shape index (κ3) is 6.03. The minimum absolute atomic E-state index is 0.112. The molecule has 0 radical (unpaired) electrons. The second-order valence-corrected chi connectivity index (χ2v) is 10.5. The second-order valence-electron chi connectivity index (χ2n) is 10.5. The van der Waals surface area contributed by atoms with Crippen molar-refractivity contribution in [2.45, 2.75) is 57.2 Å². The third-order valence-corrected chi connectivity index (χ3v) is 6.97. The van der Waals surface area contributed by atoms with Gasteiger partial charge in [-0.25, -0.2) is 0 Å². The third-order valence-electron chi connectivity index (χ3n) is 6.97. The molecule has 8 heteroatoms. The lowest BCUT2D eigenvalue weighted by molar-refractivity contribution is -0.266. The van der Waals surface area contributed by atoms with Crippen molar-refractivity contribution in [3.63, 3.8) is 0 Å². The van der Waals surface area contributed by atoms with E-state index < -0.39 is 30.0 Å². The van der Waals surface area contributed by atoms with Gasteiger partial charge in [0.05, 0.1) is 11.0 Å². The minimum Gasteiger partial charge on any atom is -0.508 e. The normalized spacial score (nSPS) is 14.1. The van der Waals surface area contributed by atoms with Crippen LogP contribution in [0.3, 0.4) is 0 Å². The summed E-state index contributed by atoms with van der Waals surface area (Å²) in [4.78, 5) is 7.56. The van der Waals surface area contributed by atoms with Gasteiger partial charge in [-0.2, -0.15) is 13.2 Å². The van der Waals surface area contributed by atoms with Crippen LogP contribution < -0.4 is 5.32 Å². The Kier molecular flexibility index (Phi) is 7.85. The molecule has 0 saturated carbocycles. The second kappa shape index (κ2) is 10.8. The molecule has 202 valence electrons. The molecule has 0 amide bonds. The Morgan fingerprint density at radius 3 is 2.37 bits per heavy atom. The molecule has 2 aromatic heterocycles. The molecule has 4 aromatic rings. The van der Waals surface area contributed by atoms with Crippen LogP contribution in [0.25, 0.3) is 22.2 Å². The minimum atomic E-state index is -4.90. The predicted octanol–water partition coefficient (Wildman–Crippen LogP) is 6.29. The molecule has 2 aromatic carbocycles. The quantitative estimate of drug-likeness (QED) is 0.183. The van der Waals surface area contributed by atoms with Crippen LogP contribution in [0.4, 0.5) is 13.2 Å². The van der Waals surface area contributed by atoms with Crippen molar-refractivity contribution in [2.75, 3.05) is 13.1 Å². The van der Waals surface area contributed by atoms with Crippen molar-refractivity contribution in [2.24, 2.45) is 0 Å². The van der Waals surface area contributed by atoms with E-state index >= 15 is 0 Å². The summed E-state index contributed by atoms with van der Waals surface area (Å²) in [5.74, 6) is -0.112. The van der Waals surface area contributed by atoms with Gasteiger partial charge in [0, 0.05) is 36.3 Å². The number of rotatable bonds is 10. The number of aromatic nitrogens is 2. The fraction of sp³-hybridized carbons (Fsp3) is 0.367. The van der Waals surface area contributed by atoms with E-state index in [9.17, 15) is 23.4 Å². The lowest BCUT2D eigenvalue weighted by Gasteiger charge is -2.38. The van der Waals surface area contributed by atoms with Crippen molar-refractivity contribution < 1.29 is 23.4 Å². The number of phenolic OH excluding ortho intramolecular Hbond substituents is 1. The van der Waals surface area contributed by atoms with Gasteiger partial charge in [-0.1, -0.05) is 57.2 Å². The first-order chi connectivity index (χ1) is 17.9. The van der Waals surface area contributed by atoms with Gasteiger partial charge in [0.25, 0.3) is 0 Å². The highest BCUT2D eigenvalue weighted by atomic mass is 19.4. The summed E-state index contributed by atoms with van der Waals surface area (Å²) in [5.41, 5.74) is 0.00260. The Hall–Kier alpha value is -3.36. The van der Waals surface area contributed by atoms with Gasteiger partial charge in [0.15, 0.2) is 5.60 Å². The number of alkyl halides is 3. The zero-order valence-corrected chi connectivity index (χ0v) is 21.9. The van der Waals surface area contributed by atoms with Gasteiger partial charge in [-0.05, 0) is 59.8 Å². The largest absolute Gasteiger partial charge is 0.508 e. The van der Waals surface area contributed by atoms with Crippen LogP contribution in [0.1, 0.15) is 44.1 Å². The molecular weight excluding hydrogens is 491 g/mol. The van der Waals surface area contributed by atoms with E-state index in [1.54, 1.807) is 38.1 Å². The van der Waals surface area contributed by atoms with E-state index in [1.165, 1.54) is 6.07 Å². The molecule has 0 saturated heterocycles. The Morgan fingerprint density at radius 1 is 0.947 bits per heavy atom. The summed E-state index contributed by atoms with van der Waals surface area (Å²) in [7, 11) is 0. The summed E-state index contributed by atoms with van der Waals surface area (Å²) >= 11 is 0. The molecular formula is C30H34F3N3O2. The summed E-state index contributed by atoms with van der Waals surface area (Å²) in [6, 6.07) is 19.5. The number of H-pyrrole nitrogens is 1. The molecule has 0 bridgehead atoms. The predicted molar refractivity (Wildman–Crippen MR) is 144 cm³/mol. The van der Waals surface area contributed by atoms with Gasteiger partial charge in [-0.3, -0.25) is 4.98 Å². The molecule has 4 N–H and O–H groups in total. The van der Waals surface area contributed by atoms with E-state index in [4.69, 9.17) is 0 Å². The van der Waals surface area contributed by atoms with Gasteiger partial charge in [0.2, 0.25) is 0 Å². The average molecular weight is 526 g/mol. The number of nitrogens with zero attached hydrogens (tertiary/aromatic N) is 1. The number of phenols is 1. The lowest BCUT2D eigenvalue weighted by Crippen LogP contribution is -2.50. The van der Waals surface area contributed by atoms with E-state index in [-0.39, 0.29) is 11.4 Å². The SMILES string of the molecule is CCNCCc1ccc2[nH]c(CC(O)(CC(C)(C)c3cc(-c4ccccc4)ccc3O)C(F)(F)F)cc2n1. The van der Waals surface area contributed by atoms with Gasteiger partial charge in [-0.15, -0.1) is 0 Å². The number of nitrogens with one attached hydrogen (secondary N) is 2. The molecule has 0 aliphatic heterocycles. The number of hydrogen-bond donors (Lipinski definition) is 4. The molecule has 0 spiro atoms. The number of pyridine rings is 1. The fourth-order valence-electron chi connectivity index (χ4n) is 5.03. The van der Waals surface area contributed by atoms with Crippen molar-refractivity contribution in [3.8, 4) is 16.9 Å². The van der Waals surface area contributed by atoms with E-state index in [0.29, 0.717) is 23.0 Å². The molecule has 0 aliphatic rings. The number of aromatic hydroxyl groups is 1. The summed E-state index contributed by atoms with van der Waals surface area (Å²) in [6.07, 6.45) is -5.51. The number of hydrogen-bond acceptors (Lipinski definition) is 4. The highest BCUT2D eigenvalue weighted by Gasteiger charge is 2.56. The molecule has 1 unspecified atom stereocenters. The topological polar surface area (TPSA) is 81.2 Å². The Labute approximate surface area is 220 Å². The molecule has 1 atom stereocenters. The highest BCUT2D eigenvalue weighted by molar-refractivity contribution is 5.76. The van der Waals surface area contributed by atoms with E-state index in [2.05, 4.69) is 15.3 Å². The molecule has 0 fully saturated rings. The highest BCUT2D eigenvalue weighted by Crippen LogP contribution is 2.45. The van der Waals surface area contributed by atoms with Crippen LogP contribution >= 0.6 is 0 Å². The fourth-order valence-corrected chi connectivity index (χ4v) is 5.03. The van der Waals surface area contributed by atoms with Crippen LogP contribution in [-0.4, -0.2) is 45.0 Å². The van der Waals surface area contributed by atoms with Gasteiger partial charge < -0.3 is 20.5 Å². The standard InChI is InChI=1S/C30H34F3N3O2/c1-4-34-15-14-22-11-12-25-26(35-22)17-23(36-25)18-29(38,30(31,32)33)19-28(2,3)24-16-21(10-13-27(24)37)20-8-6-5-7-9-20/h5-13,16-17,34,36-38H,4,14-15,18-19H2,1-3H3. The maximum Gasteiger partial charge on any atom is 0.417 e. The number of aromatic amines is 1. The zero-order chi connectivity index (χ0) is 27.6. The number of benzene rings is 2. The lowest BCUT2D eigenvalue weighted by atomic mass is 9.72. The molecule has 4 rings (SSSR count). The summed E-state index contributed by atoms with van der Waals surface area (Å²) in [6.45, 7) is 6.83. The first-order valence-electron chi connectivity index (χ1n) is 12.8. The summed E-state index contributed by atoms with van der Waals surface area (Å²) < 4.78 is 43.3. The summed E-state index contributed by atoms with van der Waals surface area (Å²) in [5, 5.41) is 25.0. The molecule has 5 nitrogen and oxygen atoms in total. The smallest absolute Gasteiger partial charge is 0.417 e. The maximum absolute atomic E-state index is 14.4. The maximum atomic E-state index is 14.4. The van der Waals surface area contributed by atoms with E-state index in [0.717, 1.165) is 29.9 Å². The van der Waals surface area contributed by atoms with Crippen molar-refractivity contribution in [1.29, 1.82) is 0 Å². The Balaban J connectivity index is 1.63. The average Bonchev–Trinajstić information content (AvgIpc) is 3.25. The Morgan fingerprint density at radius 2 is 1.68 bits per heavy atom. The molecule has 38 heavy (non-hydrogen) atoms. The van der Waals surface area contributed by atoms with Crippen LogP contribution in [0.2, 0.25) is 0 Å². The van der Waals surface area contributed by atoms with Crippen molar-refractivity contribution >= 4 is 11.0 Å². The number of fused-ring (bicyclic) bond motifs is 1. The van der Waals surface area contributed by atoms with Crippen molar-refractivity contribution in [1.82, 2.24) is 15.3 Å². The van der Waals surface area contributed by atoms with Crippen LogP contribution in [0, 0.1) is 0 Å². The zero-order valence-electron chi connectivity index (χ0n) is 21.9. The Bertz CT molecular complexity index is 1380. The van der Waals surface area contributed by atoms with E-state index in [1.807, 2.05) is 43.3 Å².